The van der Waals surface area contributed by atoms with Gasteiger partial charge in [-0.15, -0.1) is 0 Å². The van der Waals surface area contributed by atoms with Crippen LogP contribution in [0.2, 0.25) is 5.02 Å². The van der Waals surface area contributed by atoms with Crippen molar-refractivity contribution in [1.82, 2.24) is 5.32 Å². The summed E-state index contributed by atoms with van der Waals surface area (Å²) in [6, 6.07) is 15.4. The zero-order chi connectivity index (χ0) is 16.7. The number of rotatable bonds is 5. The molecule has 1 atom stereocenters. The standard InChI is InChI=1S/C17H17ClN2O3/c18-14-9-5-4-8-13(14)10-15(19)16(21)20-17(22)23-11-12-6-2-1-3-7-12/h1-9,15H,10-11,19H2,(H,20,21,22)/t15-/m0/s1. The lowest BCUT2D eigenvalue weighted by molar-refractivity contribution is -0.121. The van der Waals surface area contributed by atoms with Crippen LogP contribution in [0.4, 0.5) is 4.79 Å². The molecule has 3 N–H and O–H groups in total. The fourth-order valence-corrected chi connectivity index (χ4v) is 2.16. The van der Waals surface area contributed by atoms with Crippen LogP contribution in [-0.4, -0.2) is 18.0 Å². The topological polar surface area (TPSA) is 81.4 Å². The monoisotopic (exact) mass is 332 g/mol. The van der Waals surface area contributed by atoms with Crippen LogP contribution >= 0.6 is 11.6 Å². The van der Waals surface area contributed by atoms with E-state index in [-0.39, 0.29) is 13.0 Å². The van der Waals surface area contributed by atoms with Crippen molar-refractivity contribution in [1.29, 1.82) is 0 Å². The van der Waals surface area contributed by atoms with E-state index in [9.17, 15) is 9.59 Å². The zero-order valence-corrected chi connectivity index (χ0v) is 13.1. The first-order valence-corrected chi connectivity index (χ1v) is 7.44. The molecule has 0 aromatic heterocycles. The Morgan fingerprint density at radius 2 is 1.74 bits per heavy atom. The van der Waals surface area contributed by atoms with Gasteiger partial charge in [0, 0.05) is 5.02 Å². The number of carbonyl (C=O) groups excluding carboxylic acids is 2. The van der Waals surface area contributed by atoms with Crippen molar-refractivity contribution in [3.63, 3.8) is 0 Å². The van der Waals surface area contributed by atoms with Crippen LogP contribution in [0.3, 0.4) is 0 Å². The highest BCUT2D eigenvalue weighted by atomic mass is 35.5. The van der Waals surface area contributed by atoms with Crippen LogP contribution in [0.15, 0.2) is 54.6 Å². The van der Waals surface area contributed by atoms with Gasteiger partial charge in [0.05, 0.1) is 6.04 Å². The molecule has 0 fully saturated rings. The number of ether oxygens (including phenoxy) is 1. The normalized spacial score (nSPS) is 11.6. The molecule has 0 spiro atoms. The third-order valence-electron chi connectivity index (χ3n) is 3.17. The maximum absolute atomic E-state index is 11.9. The van der Waals surface area contributed by atoms with E-state index in [2.05, 4.69) is 5.32 Å². The molecule has 2 rings (SSSR count). The summed E-state index contributed by atoms with van der Waals surface area (Å²) in [5.74, 6) is -0.608. The lowest BCUT2D eigenvalue weighted by Crippen LogP contribution is -2.44. The number of benzene rings is 2. The molecule has 0 saturated heterocycles. The molecule has 2 aromatic rings. The summed E-state index contributed by atoms with van der Waals surface area (Å²) in [6.07, 6.45) is -0.592. The molecular weight excluding hydrogens is 316 g/mol. The molecule has 0 aliphatic rings. The van der Waals surface area contributed by atoms with Gasteiger partial charge in [-0.3, -0.25) is 10.1 Å². The summed E-state index contributed by atoms with van der Waals surface area (Å²) in [7, 11) is 0. The second-order valence-corrected chi connectivity index (χ2v) is 5.36. The number of nitrogens with one attached hydrogen (secondary N) is 1. The largest absolute Gasteiger partial charge is 0.444 e. The van der Waals surface area contributed by atoms with Crippen molar-refractivity contribution in [3.05, 3.63) is 70.7 Å². The van der Waals surface area contributed by atoms with Crippen LogP contribution in [0, 0.1) is 0 Å². The van der Waals surface area contributed by atoms with Crippen LogP contribution in [0.5, 0.6) is 0 Å². The molecule has 0 radical (unpaired) electrons. The minimum Gasteiger partial charge on any atom is -0.444 e. The van der Waals surface area contributed by atoms with Gasteiger partial charge in [-0.1, -0.05) is 60.1 Å². The summed E-state index contributed by atoms with van der Waals surface area (Å²) in [5.41, 5.74) is 7.37. The van der Waals surface area contributed by atoms with Gasteiger partial charge in [-0.05, 0) is 23.6 Å². The molecule has 2 amide bonds. The fourth-order valence-electron chi connectivity index (χ4n) is 1.95. The number of alkyl carbamates (subject to hydrolysis) is 1. The molecule has 0 heterocycles. The molecule has 0 aliphatic carbocycles. The number of nitrogens with two attached hydrogens (primary N) is 1. The highest BCUT2D eigenvalue weighted by molar-refractivity contribution is 6.31. The number of amides is 2. The van der Waals surface area contributed by atoms with Crippen molar-refractivity contribution in [2.75, 3.05) is 0 Å². The average molecular weight is 333 g/mol. The smallest absolute Gasteiger partial charge is 0.414 e. The summed E-state index contributed by atoms with van der Waals surface area (Å²) in [6.45, 7) is 0.0830. The third-order valence-corrected chi connectivity index (χ3v) is 3.54. The highest BCUT2D eigenvalue weighted by Crippen LogP contribution is 2.16. The maximum atomic E-state index is 11.9. The van der Waals surface area contributed by atoms with E-state index in [1.54, 1.807) is 24.3 Å². The van der Waals surface area contributed by atoms with Crippen molar-refractivity contribution in [3.8, 4) is 0 Å². The zero-order valence-electron chi connectivity index (χ0n) is 12.4. The first-order valence-electron chi connectivity index (χ1n) is 7.07. The Morgan fingerprint density at radius 1 is 1.09 bits per heavy atom. The Morgan fingerprint density at radius 3 is 2.43 bits per heavy atom. The molecule has 5 nitrogen and oxygen atoms in total. The van der Waals surface area contributed by atoms with E-state index in [0.29, 0.717) is 5.02 Å². The highest BCUT2D eigenvalue weighted by Gasteiger charge is 2.18. The molecular formula is C17H17ClN2O3. The molecule has 0 aliphatic heterocycles. The van der Waals surface area contributed by atoms with E-state index >= 15 is 0 Å². The van der Waals surface area contributed by atoms with Gasteiger partial charge >= 0.3 is 6.09 Å². The fraction of sp³-hybridized carbons (Fsp3) is 0.176. The van der Waals surface area contributed by atoms with E-state index in [1.165, 1.54) is 0 Å². The average Bonchev–Trinajstić information content (AvgIpc) is 2.56. The summed E-state index contributed by atoms with van der Waals surface area (Å²) in [5, 5.41) is 2.65. The van der Waals surface area contributed by atoms with Crippen molar-refractivity contribution in [2.45, 2.75) is 19.1 Å². The quantitative estimate of drug-likeness (QED) is 0.882. The van der Waals surface area contributed by atoms with Crippen molar-refractivity contribution < 1.29 is 14.3 Å². The van der Waals surface area contributed by atoms with Gasteiger partial charge in [0.25, 0.3) is 0 Å². The number of halogens is 1. The van der Waals surface area contributed by atoms with E-state index in [0.717, 1.165) is 11.1 Å². The van der Waals surface area contributed by atoms with Crippen LogP contribution in [0.25, 0.3) is 0 Å². The lowest BCUT2D eigenvalue weighted by Gasteiger charge is -2.12. The minimum atomic E-state index is -0.890. The Balaban J connectivity index is 1.81. The van der Waals surface area contributed by atoms with Gasteiger partial charge in [0.15, 0.2) is 0 Å². The summed E-state index contributed by atoms with van der Waals surface area (Å²) in [4.78, 5) is 23.5. The lowest BCUT2D eigenvalue weighted by atomic mass is 10.1. The number of imide groups is 1. The third kappa shape index (κ3) is 5.39. The Hall–Kier alpha value is -2.37. The molecule has 0 unspecified atom stereocenters. The molecule has 23 heavy (non-hydrogen) atoms. The Labute approximate surface area is 139 Å². The molecule has 0 saturated carbocycles. The van der Waals surface area contributed by atoms with E-state index in [4.69, 9.17) is 22.1 Å². The molecule has 6 heteroatoms. The van der Waals surface area contributed by atoms with Crippen LogP contribution in [-0.2, 0) is 22.6 Å². The second kappa shape index (κ2) is 8.31. The molecule has 120 valence electrons. The first kappa shape index (κ1) is 17.0. The number of carbonyl (C=O) groups is 2. The van der Waals surface area contributed by atoms with Gasteiger partial charge < -0.3 is 10.5 Å². The first-order chi connectivity index (χ1) is 11.1. The molecule has 2 aromatic carbocycles. The van der Waals surface area contributed by atoms with Gasteiger partial charge in [0.1, 0.15) is 6.61 Å². The van der Waals surface area contributed by atoms with Crippen molar-refractivity contribution in [2.24, 2.45) is 5.73 Å². The minimum absolute atomic E-state index is 0.0830. The summed E-state index contributed by atoms with van der Waals surface area (Å²) < 4.78 is 4.97. The van der Waals surface area contributed by atoms with Gasteiger partial charge in [0.2, 0.25) is 5.91 Å². The predicted octanol–water partition coefficient (Wildman–Crippen LogP) is 2.66. The predicted molar refractivity (Wildman–Crippen MR) is 87.9 cm³/mol. The Bertz CT molecular complexity index is 677. The number of hydrogen-bond acceptors (Lipinski definition) is 4. The summed E-state index contributed by atoms with van der Waals surface area (Å²) >= 11 is 6.02. The SMILES string of the molecule is N[C@@H](Cc1ccccc1Cl)C(=O)NC(=O)OCc1ccccc1. The molecule has 0 bridgehead atoms. The van der Waals surface area contributed by atoms with Gasteiger partial charge in [-0.2, -0.15) is 0 Å². The van der Waals surface area contributed by atoms with Crippen LogP contribution < -0.4 is 11.1 Å². The second-order valence-electron chi connectivity index (χ2n) is 4.95. The van der Waals surface area contributed by atoms with Gasteiger partial charge in [-0.25, -0.2) is 4.79 Å². The Kier molecular flexibility index (Phi) is 6.14. The van der Waals surface area contributed by atoms with Crippen molar-refractivity contribution >= 4 is 23.6 Å². The maximum Gasteiger partial charge on any atom is 0.414 e. The van der Waals surface area contributed by atoms with E-state index < -0.39 is 18.0 Å². The number of hydrogen-bond donors (Lipinski definition) is 2. The van der Waals surface area contributed by atoms with E-state index in [1.807, 2.05) is 30.3 Å². The van der Waals surface area contributed by atoms with Crippen LogP contribution in [0.1, 0.15) is 11.1 Å².